The summed E-state index contributed by atoms with van der Waals surface area (Å²) in [5.74, 6) is 0. The molecule has 0 aliphatic heterocycles. The van der Waals surface area contributed by atoms with Crippen LogP contribution < -0.4 is 0 Å². The highest BCUT2D eigenvalue weighted by atomic mass is 14.8. The maximum atomic E-state index is 4.26. The molecule has 5 heterocycles. The van der Waals surface area contributed by atoms with Gasteiger partial charge in [-0.15, -0.1) is 0 Å². The SMILES string of the molecule is c1ccc2c(c1)ccc1[nH]c3c(c12)c1c2[nH]c4ccc5ccccc5c4c2c2c4[nH]c5ccc6ccccc6c5c4c4c5[nH]c6ccc7ccccc7c6c5c5c6[nH]c7ccc8ccccc8c7c6c3c3c1c2c4c53. The Labute approximate surface area is 421 Å². The van der Waals surface area contributed by atoms with Crippen LogP contribution in [0.15, 0.2) is 182 Å². The Morgan fingerprint density at radius 1 is 0.147 bits per heavy atom. The first kappa shape index (κ1) is 36.8. The molecule has 21 rings (SSSR count). The Bertz CT molecular complexity index is 5350. The zero-order valence-corrected chi connectivity index (χ0v) is 39.8. The van der Waals surface area contributed by atoms with E-state index in [1.165, 1.54) is 189 Å². The van der Waals surface area contributed by atoms with Crippen molar-refractivity contribution >= 4 is 217 Å². The summed E-state index contributed by atoms with van der Waals surface area (Å²) in [4.78, 5) is 21.3. The molecule has 16 aromatic carbocycles. The van der Waals surface area contributed by atoms with Crippen molar-refractivity contribution in [2.24, 2.45) is 0 Å². The predicted octanol–water partition coefficient (Wildman–Crippen LogP) is 19.7. The van der Waals surface area contributed by atoms with Crippen LogP contribution in [0.1, 0.15) is 0 Å². The van der Waals surface area contributed by atoms with E-state index in [1.807, 2.05) is 0 Å². The lowest BCUT2D eigenvalue weighted by atomic mass is 9.88. The molecular formula is C70H35N5. The van der Waals surface area contributed by atoms with E-state index in [2.05, 4.69) is 207 Å². The molecule has 0 aliphatic rings. The van der Waals surface area contributed by atoms with E-state index < -0.39 is 0 Å². The Balaban J connectivity index is 1.22. The van der Waals surface area contributed by atoms with E-state index in [4.69, 9.17) is 0 Å². The van der Waals surface area contributed by atoms with Gasteiger partial charge in [-0.25, -0.2) is 0 Å². The molecule has 0 fully saturated rings. The Hall–Kier alpha value is -10.1. The van der Waals surface area contributed by atoms with Gasteiger partial charge in [0.15, 0.2) is 0 Å². The van der Waals surface area contributed by atoms with Crippen LogP contribution in [0.5, 0.6) is 0 Å². The largest absolute Gasteiger partial charge is 0.354 e. The fourth-order valence-corrected chi connectivity index (χ4v) is 15.8. The fraction of sp³-hybridized carbons (Fsp3) is 0. The van der Waals surface area contributed by atoms with E-state index in [0.717, 1.165) is 27.6 Å². The number of aromatic nitrogens is 5. The maximum Gasteiger partial charge on any atom is 0.0559 e. The second-order valence-electron chi connectivity index (χ2n) is 21.7. The summed E-state index contributed by atoms with van der Waals surface area (Å²) in [6.45, 7) is 0. The van der Waals surface area contributed by atoms with Crippen molar-refractivity contribution in [1.29, 1.82) is 0 Å². The number of nitrogens with one attached hydrogen (secondary N) is 5. The first-order valence-corrected chi connectivity index (χ1v) is 26.2. The van der Waals surface area contributed by atoms with Crippen molar-refractivity contribution in [3.63, 3.8) is 0 Å². The molecule has 0 bridgehead atoms. The third-order valence-electron chi connectivity index (χ3n) is 18.4. The number of H-pyrrole nitrogens is 5. The fourth-order valence-electron chi connectivity index (χ4n) is 15.8. The van der Waals surface area contributed by atoms with Crippen LogP contribution in [0.4, 0.5) is 0 Å². The van der Waals surface area contributed by atoms with Gasteiger partial charge in [-0.1, -0.05) is 152 Å². The number of hydrogen-bond acceptors (Lipinski definition) is 0. The molecule has 0 saturated heterocycles. The van der Waals surface area contributed by atoms with Crippen LogP contribution in [0.3, 0.4) is 0 Å². The molecule has 340 valence electrons. The molecule has 0 unspecified atom stereocenters. The number of rotatable bonds is 0. The lowest BCUT2D eigenvalue weighted by molar-refractivity contribution is 1.57. The molecule has 0 amide bonds. The van der Waals surface area contributed by atoms with E-state index in [0.29, 0.717) is 0 Å². The van der Waals surface area contributed by atoms with Gasteiger partial charge >= 0.3 is 0 Å². The highest BCUT2D eigenvalue weighted by Crippen LogP contribution is 2.62. The van der Waals surface area contributed by atoms with Crippen molar-refractivity contribution in [1.82, 2.24) is 24.9 Å². The minimum absolute atomic E-state index is 1.15. The Kier molecular flexibility index (Phi) is 5.90. The van der Waals surface area contributed by atoms with E-state index >= 15 is 0 Å². The maximum absolute atomic E-state index is 4.26. The molecule has 0 atom stereocenters. The lowest BCUT2D eigenvalue weighted by Crippen LogP contribution is -1.86. The molecular weight excluding hydrogens is 911 g/mol. The number of hydrogen-bond donors (Lipinski definition) is 5. The minimum Gasteiger partial charge on any atom is -0.354 e. The van der Waals surface area contributed by atoms with Gasteiger partial charge < -0.3 is 24.9 Å². The van der Waals surface area contributed by atoms with Crippen molar-refractivity contribution in [2.45, 2.75) is 0 Å². The molecule has 5 aromatic heterocycles. The van der Waals surface area contributed by atoms with Crippen molar-refractivity contribution in [3.05, 3.63) is 182 Å². The topological polar surface area (TPSA) is 78.9 Å². The van der Waals surface area contributed by atoms with Crippen molar-refractivity contribution in [2.75, 3.05) is 0 Å². The Morgan fingerprint density at radius 2 is 0.320 bits per heavy atom. The van der Waals surface area contributed by atoms with Crippen LogP contribution in [0, 0.1) is 0 Å². The zero-order chi connectivity index (χ0) is 47.8. The van der Waals surface area contributed by atoms with Gasteiger partial charge in [-0.3, -0.25) is 0 Å². The number of aromatic amines is 5. The first-order chi connectivity index (χ1) is 37.2. The minimum atomic E-state index is 1.15. The summed E-state index contributed by atoms with van der Waals surface area (Å²) >= 11 is 0. The van der Waals surface area contributed by atoms with Crippen molar-refractivity contribution in [3.8, 4) is 0 Å². The molecule has 0 spiro atoms. The zero-order valence-electron chi connectivity index (χ0n) is 39.8. The van der Waals surface area contributed by atoms with Crippen LogP contribution in [0.25, 0.3) is 217 Å². The van der Waals surface area contributed by atoms with Gasteiger partial charge in [0.2, 0.25) is 0 Å². The van der Waals surface area contributed by atoms with Gasteiger partial charge in [0.25, 0.3) is 0 Å². The van der Waals surface area contributed by atoms with E-state index in [9.17, 15) is 0 Å². The van der Waals surface area contributed by atoms with Crippen LogP contribution in [0.2, 0.25) is 0 Å². The quantitative estimate of drug-likeness (QED) is 0.0940. The molecule has 5 N–H and O–H groups in total. The summed E-state index contributed by atoms with van der Waals surface area (Å²) in [6, 6.07) is 68.0. The molecule has 0 aliphatic carbocycles. The highest BCUT2D eigenvalue weighted by molar-refractivity contribution is 6.64. The second kappa shape index (κ2) is 12.0. The second-order valence-corrected chi connectivity index (χ2v) is 21.7. The summed E-state index contributed by atoms with van der Waals surface area (Å²) in [5.41, 5.74) is 11.6. The van der Waals surface area contributed by atoms with Gasteiger partial charge in [-0.2, -0.15) is 0 Å². The third-order valence-corrected chi connectivity index (χ3v) is 18.4. The van der Waals surface area contributed by atoms with E-state index in [1.54, 1.807) is 0 Å². The number of fused-ring (bicyclic) bond motifs is 35. The molecule has 5 heteroatoms. The van der Waals surface area contributed by atoms with Crippen LogP contribution >= 0.6 is 0 Å². The number of benzene rings is 15. The van der Waals surface area contributed by atoms with E-state index in [-0.39, 0.29) is 0 Å². The molecule has 21 aromatic rings. The monoisotopic (exact) mass is 945 g/mol. The van der Waals surface area contributed by atoms with Crippen LogP contribution in [-0.4, -0.2) is 24.9 Å². The first-order valence-electron chi connectivity index (χ1n) is 26.2. The highest BCUT2D eigenvalue weighted by Gasteiger charge is 2.36. The lowest BCUT2D eigenvalue weighted by Gasteiger charge is -2.13. The summed E-state index contributed by atoms with van der Waals surface area (Å²) < 4.78 is 0. The smallest absolute Gasteiger partial charge is 0.0559 e. The summed E-state index contributed by atoms with van der Waals surface area (Å²) in [5, 5.41) is 38.2. The van der Waals surface area contributed by atoms with Crippen LogP contribution in [-0.2, 0) is 0 Å². The Morgan fingerprint density at radius 3 is 0.520 bits per heavy atom. The van der Waals surface area contributed by atoms with Gasteiger partial charge in [0, 0.05) is 135 Å². The average Bonchev–Trinajstić information content (AvgIpc) is 4.52. The third kappa shape index (κ3) is 3.92. The summed E-state index contributed by atoms with van der Waals surface area (Å²) in [6.07, 6.45) is 0. The summed E-state index contributed by atoms with van der Waals surface area (Å²) in [7, 11) is 0. The van der Waals surface area contributed by atoms with Gasteiger partial charge in [-0.05, 0) is 84.2 Å². The van der Waals surface area contributed by atoms with Gasteiger partial charge in [0.05, 0.1) is 27.6 Å². The molecule has 0 radical (unpaired) electrons. The normalized spacial score (nSPS) is 13.3. The molecule has 5 nitrogen and oxygen atoms in total. The average molecular weight is 946 g/mol. The molecule has 75 heavy (non-hydrogen) atoms. The van der Waals surface area contributed by atoms with Crippen molar-refractivity contribution < 1.29 is 0 Å². The van der Waals surface area contributed by atoms with Gasteiger partial charge in [0.1, 0.15) is 0 Å². The molecule has 0 saturated carbocycles. The standard InChI is InChI=1S/C70H35N5/c1-6-16-36-31(11-1)21-26-41-46(36)56-61-51-52-54-55-53(51)63(58-48-38-18-8-3-13-33(38)22-27-42(48)72-67(58)61)69-60(50-40-20-10-5-15-35(40)24-29-44(50)74-69)65(55)70-59(49-39-19-9-4-14-34(39)25-30-45(49)75-70)64(54)68-57(62(52)66(56)71-41)47-37-17-7-2-12-32(37)23-28-43(47)73-68/h1-30,71-75H. The predicted molar refractivity (Wildman–Crippen MR) is 322 cm³/mol.